The van der Waals surface area contributed by atoms with Crippen molar-refractivity contribution in [3.05, 3.63) is 53.0 Å². The first kappa shape index (κ1) is 19.3. The van der Waals surface area contributed by atoms with E-state index in [9.17, 15) is 23.1 Å². The maximum atomic E-state index is 13.8. The number of fused-ring (bicyclic) bond motifs is 1. The number of amides is 1. The van der Waals surface area contributed by atoms with Crippen molar-refractivity contribution in [2.75, 3.05) is 5.32 Å². The molecule has 1 aromatic carbocycles. The number of hydrogen-bond donors (Lipinski definition) is 3. The van der Waals surface area contributed by atoms with Crippen molar-refractivity contribution in [2.24, 2.45) is 4.99 Å². The monoisotopic (exact) mass is 405 g/mol. The maximum absolute atomic E-state index is 13.8. The van der Waals surface area contributed by atoms with Crippen molar-refractivity contribution in [2.45, 2.75) is 44.2 Å². The van der Waals surface area contributed by atoms with Gasteiger partial charge in [0.15, 0.2) is 0 Å². The minimum Gasteiger partial charge on any atom is -0.388 e. The molecule has 2 aliphatic rings. The molecule has 0 bridgehead atoms. The van der Waals surface area contributed by atoms with E-state index >= 15 is 0 Å². The lowest BCUT2D eigenvalue weighted by Gasteiger charge is -2.19. The Hall–Kier alpha value is -3.01. The van der Waals surface area contributed by atoms with Gasteiger partial charge in [-0.25, -0.2) is 23.1 Å². The van der Waals surface area contributed by atoms with Crippen molar-refractivity contribution < 1.29 is 23.1 Å². The third-order valence-electron chi connectivity index (χ3n) is 5.07. The molecule has 3 atom stereocenters. The number of nitrogens with one attached hydrogen (secondary N) is 2. The van der Waals surface area contributed by atoms with Gasteiger partial charge in [0, 0.05) is 12.1 Å². The molecular weight excluding hydrogens is 387 g/mol. The van der Waals surface area contributed by atoms with Crippen LogP contribution in [-0.2, 0) is 17.9 Å². The molecule has 0 saturated heterocycles. The zero-order valence-corrected chi connectivity index (χ0v) is 15.2. The number of hydrogen-bond acceptors (Lipinski definition) is 6. The number of aromatic nitrogens is 2. The Bertz CT molecular complexity index is 984. The molecule has 0 unspecified atom stereocenters. The number of halogens is 3. The summed E-state index contributed by atoms with van der Waals surface area (Å²) < 4.78 is 40.7. The number of carbonyl (C=O) groups excluding carboxylic acids is 1. The number of benzene rings is 1. The number of anilines is 1. The van der Waals surface area contributed by atoms with Crippen molar-refractivity contribution in [3.63, 3.8) is 0 Å². The Labute approximate surface area is 164 Å². The van der Waals surface area contributed by atoms with E-state index in [4.69, 9.17) is 0 Å². The van der Waals surface area contributed by atoms with Crippen LogP contribution < -0.4 is 10.6 Å². The van der Waals surface area contributed by atoms with Crippen molar-refractivity contribution in [1.82, 2.24) is 15.3 Å². The first-order valence-electron chi connectivity index (χ1n) is 9.13. The van der Waals surface area contributed by atoms with Crippen molar-refractivity contribution in [3.8, 4) is 0 Å². The summed E-state index contributed by atoms with van der Waals surface area (Å²) in [5, 5.41) is 15.4. The largest absolute Gasteiger partial charge is 0.388 e. The Morgan fingerprint density at radius 2 is 2.07 bits per heavy atom. The van der Waals surface area contributed by atoms with E-state index < -0.39 is 35.9 Å². The number of rotatable bonds is 5. The summed E-state index contributed by atoms with van der Waals surface area (Å²) in [5.41, 5.74) is 0.917. The Balaban J connectivity index is 1.51. The maximum Gasteiger partial charge on any atom is 0.270 e. The molecule has 29 heavy (non-hydrogen) atoms. The highest BCUT2D eigenvalue weighted by atomic mass is 19.1. The van der Waals surface area contributed by atoms with Crippen molar-refractivity contribution >= 4 is 17.4 Å². The van der Waals surface area contributed by atoms with Crippen LogP contribution in [0.15, 0.2) is 29.5 Å². The van der Waals surface area contributed by atoms with Crippen LogP contribution in [0.2, 0.25) is 0 Å². The molecule has 1 aromatic heterocycles. The topological polar surface area (TPSA) is 99.5 Å². The number of nitrogens with zero attached hydrogens (tertiary/aromatic N) is 3. The molecule has 10 heteroatoms. The van der Waals surface area contributed by atoms with Gasteiger partial charge in [-0.1, -0.05) is 0 Å². The van der Waals surface area contributed by atoms with Crippen LogP contribution in [-0.4, -0.2) is 45.0 Å². The molecule has 0 spiro atoms. The highest BCUT2D eigenvalue weighted by Crippen LogP contribution is 2.29. The van der Waals surface area contributed by atoms with E-state index in [1.54, 1.807) is 0 Å². The molecule has 4 rings (SSSR count). The van der Waals surface area contributed by atoms with E-state index in [0.717, 1.165) is 18.2 Å². The van der Waals surface area contributed by atoms with Gasteiger partial charge < -0.3 is 15.7 Å². The molecule has 1 aliphatic carbocycles. The summed E-state index contributed by atoms with van der Waals surface area (Å²) in [4.78, 5) is 25.1. The first-order valence-corrected chi connectivity index (χ1v) is 9.13. The van der Waals surface area contributed by atoms with Gasteiger partial charge in [0.05, 0.1) is 23.8 Å². The lowest BCUT2D eigenvalue weighted by Crippen LogP contribution is -2.35. The van der Waals surface area contributed by atoms with Crippen LogP contribution >= 0.6 is 0 Å². The van der Waals surface area contributed by atoms with Crippen LogP contribution in [0.3, 0.4) is 0 Å². The molecule has 1 fully saturated rings. The van der Waals surface area contributed by atoms with Gasteiger partial charge in [-0.05, 0) is 31.0 Å². The Kier molecular flexibility index (Phi) is 5.18. The molecular formula is C19H18F3N5O2. The zero-order chi connectivity index (χ0) is 20.5. The van der Waals surface area contributed by atoms with E-state index in [-0.39, 0.29) is 36.6 Å². The van der Waals surface area contributed by atoms with Crippen molar-refractivity contribution in [1.29, 1.82) is 0 Å². The molecule has 3 N–H and O–H groups in total. The quantitative estimate of drug-likeness (QED) is 0.703. The van der Waals surface area contributed by atoms with Gasteiger partial charge in [-0.2, -0.15) is 0 Å². The second kappa shape index (κ2) is 7.78. The van der Waals surface area contributed by atoms with E-state index in [2.05, 4.69) is 25.6 Å². The summed E-state index contributed by atoms with van der Waals surface area (Å²) in [6, 6.07) is 2.44. The average Bonchev–Trinajstić information content (AvgIpc) is 3.28. The third kappa shape index (κ3) is 3.80. The van der Waals surface area contributed by atoms with Gasteiger partial charge in [-0.15, -0.1) is 0 Å². The van der Waals surface area contributed by atoms with Gasteiger partial charge in [0.25, 0.3) is 5.91 Å². The van der Waals surface area contributed by atoms with E-state index in [0.29, 0.717) is 17.7 Å². The summed E-state index contributed by atoms with van der Waals surface area (Å²) in [6.07, 6.45) is -0.550. The Morgan fingerprint density at radius 1 is 1.24 bits per heavy atom. The van der Waals surface area contributed by atoms with Crippen LogP contribution in [0.4, 0.5) is 19.0 Å². The molecule has 152 valence electrons. The fourth-order valence-electron chi connectivity index (χ4n) is 3.52. The second-order valence-electron chi connectivity index (χ2n) is 6.96. The molecule has 1 saturated carbocycles. The zero-order valence-electron chi connectivity index (χ0n) is 15.2. The number of aliphatic hydroxyl groups excluding tert-OH is 1. The molecule has 2 aromatic rings. The number of aliphatic hydroxyl groups is 1. The summed E-state index contributed by atoms with van der Waals surface area (Å²) >= 11 is 0. The van der Waals surface area contributed by atoms with Gasteiger partial charge in [0.2, 0.25) is 0 Å². The summed E-state index contributed by atoms with van der Waals surface area (Å²) in [6.45, 7) is -0.0688. The summed E-state index contributed by atoms with van der Waals surface area (Å²) in [5.74, 6) is -1.57. The van der Waals surface area contributed by atoms with Crippen LogP contribution in [0.5, 0.6) is 0 Å². The molecule has 1 amide bonds. The smallest absolute Gasteiger partial charge is 0.270 e. The van der Waals surface area contributed by atoms with Crippen LogP contribution in [0.1, 0.15) is 29.7 Å². The van der Waals surface area contributed by atoms with Crippen LogP contribution in [0, 0.1) is 11.6 Å². The highest BCUT2D eigenvalue weighted by molar-refractivity contribution is 6.47. The second-order valence-corrected chi connectivity index (χ2v) is 6.96. The number of alkyl halides is 1. The fourth-order valence-corrected chi connectivity index (χ4v) is 3.52. The normalized spacial score (nSPS) is 22.9. The summed E-state index contributed by atoms with van der Waals surface area (Å²) in [7, 11) is 0. The highest BCUT2D eigenvalue weighted by Gasteiger charge is 2.36. The van der Waals surface area contributed by atoms with E-state index in [1.165, 1.54) is 6.33 Å². The van der Waals surface area contributed by atoms with Gasteiger partial charge in [0.1, 0.15) is 41.8 Å². The molecule has 0 radical (unpaired) electrons. The van der Waals surface area contributed by atoms with E-state index in [1.807, 2.05) is 0 Å². The van der Waals surface area contributed by atoms with Gasteiger partial charge in [-0.3, -0.25) is 9.79 Å². The minimum absolute atomic E-state index is 0.00268. The molecule has 2 heterocycles. The number of carbonyl (C=O) groups is 1. The van der Waals surface area contributed by atoms with Gasteiger partial charge >= 0.3 is 0 Å². The minimum atomic E-state index is -1.32. The average molecular weight is 405 g/mol. The van der Waals surface area contributed by atoms with Crippen LogP contribution in [0.25, 0.3) is 0 Å². The molecule has 7 nitrogen and oxygen atoms in total. The first-order chi connectivity index (χ1) is 13.9. The fraction of sp³-hybridized carbons (Fsp3) is 0.368. The predicted octanol–water partition coefficient (Wildman–Crippen LogP) is 1.65. The molecule has 1 aliphatic heterocycles. The lowest BCUT2D eigenvalue weighted by molar-refractivity contribution is -0.114. The third-order valence-corrected chi connectivity index (χ3v) is 5.07. The Morgan fingerprint density at radius 3 is 2.83 bits per heavy atom. The predicted molar refractivity (Wildman–Crippen MR) is 98.0 cm³/mol. The standard InChI is InChI=1S/C19H18F3N5O2/c20-10-1-2-11(21)9(5-10)6-24-19(29)16-15-14(7-23-16)25-8-26-18(15)27-13-4-3-12(22)17(13)28/h1-2,5,8,12-13,17,28H,3-4,6-7H2,(H,24,29)(H,25,26,27)/t12-,13+,17+/m1/s1. The SMILES string of the molecule is O=C(NCc1cc(F)ccc1F)C1=NCc2ncnc(N[C@H]3CC[C@@H](F)[C@@H]3O)c21. The number of aliphatic imine (C=N–C) groups is 1. The lowest BCUT2D eigenvalue weighted by atomic mass is 10.1.